The van der Waals surface area contributed by atoms with Crippen molar-refractivity contribution in [3.63, 3.8) is 0 Å². The molecule has 0 bridgehead atoms. The summed E-state index contributed by atoms with van der Waals surface area (Å²) in [6.45, 7) is 0.186. The minimum atomic E-state index is -0.881. The molecule has 11 heteroatoms. The van der Waals surface area contributed by atoms with Crippen molar-refractivity contribution in [2.75, 3.05) is 12.0 Å². The summed E-state index contributed by atoms with van der Waals surface area (Å²) in [5, 5.41) is 13.1. The maximum Gasteiger partial charge on any atom is 0.335 e. The van der Waals surface area contributed by atoms with E-state index in [2.05, 4.69) is 21.2 Å². The average molecular weight is 592 g/mol. The van der Waals surface area contributed by atoms with Gasteiger partial charge in [0.05, 0.1) is 17.3 Å². The van der Waals surface area contributed by atoms with Crippen LogP contribution in [0.2, 0.25) is 10.0 Å². The number of amides is 4. The number of halogens is 3. The third-order valence-corrected chi connectivity index (χ3v) is 6.38. The van der Waals surface area contributed by atoms with Gasteiger partial charge in [-0.15, -0.1) is 0 Å². The fourth-order valence-electron chi connectivity index (χ4n) is 3.38. The van der Waals surface area contributed by atoms with Crippen molar-refractivity contribution in [3.05, 3.63) is 85.8 Å². The van der Waals surface area contributed by atoms with Crippen molar-refractivity contribution < 1.29 is 29.0 Å². The van der Waals surface area contributed by atoms with Crippen molar-refractivity contribution in [2.45, 2.75) is 6.61 Å². The van der Waals surface area contributed by atoms with Crippen molar-refractivity contribution in [1.29, 1.82) is 0 Å². The topological polar surface area (TPSA) is 105 Å². The Hall–Kier alpha value is -3.53. The van der Waals surface area contributed by atoms with Crippen molar-refractivity contribution in [3.8, 4) is 17.2 Å². The second kappa shape index (κ2) is 10.6. The first-order valence-corrected chi connectivity index (χ1v) is 11.9. The largest absolute Gasteiger partial charge is 0.503 e. The number of carbonyl (C=O) groups excluding carboxylic acids is 3. The molecule has 8 nitrogen and oxygen atoms in total. The lowest BCUT2D eigenvalue weighted by molar-refractivity contribution is -0.122. The molecule has 0 unspecified atom stereocenters. The molecule has 184 valence electrons. The van der Waals surface area contributed by atoms with Crippen molar-refractivity contribution >= 4 is 68.7 Å². The van der Waals surface area contributed by atoms with Crippen molar-refractivity contribution in [1.82, 2.24) is 5.32 Å². The number of methoxy groups -OCH3 is 1. The number of benzene rings is 3. The summed E-state index contributed by atoms with van der Waals surface area (Å²) in [4.78, 5) is 38.9. The Morgan fingerprint density at radius 1 is 1.06 bits per heavy atom. The van der Waals surface area contributed by atoms with E-state index in [0.717, 1.165) is 10.5 Å². The number of anilines is 1. The number of rotatable bonds is 6. The van der Waals surface area contributed by atoms with Crippen LogP contribution in [0.4, 0.5) is 10.5 Å². The Labute approximate surface area is 224 Å². The zero-order chi connectivity index (χ0) is 26.0. The molecule has 4 amide bonds. The van der Waals surface area contributed by atoms with E-state index in [1.807, 2.05) is 0 Å². The molecule has 0 spiro atoms. The highest BCUT2D eigenvalue weighted by Crippen LogP contribution is 2.36. The van der Waals surface area contributed by atoms with Gasteiger partial charge >= 0.3 is 6.03 Å². The first-order chi connectivity index (χ1) is 17.2. The summed E-state index contributed by atoms with van der Waals surface area (Å²) in [7, 11) is 1.37. The molecule has 1 fully saturated rings. The first kappa shape index (κ1) is 25.6. The number of imide groups is 2. The number of aromatic hydroxyl groups is 1. The number of hydrogen-bond donors (Lipinski definition) is 2. The Balaban J connectivity index is 1.56. The van der Waals surface area contributed by atoms with Crippen LogP contribution < -0.4 is 19.7 Å². The minimum Gasteiger partial charge on any atom is -0.503 e. The van der Waals surface area contributed by atoms with Crippen LogP contribution in [-0.2, 0) is 16.2 Å². The highest BCUT2D eigenvalue weighted by molar-refractivity contribution is 9.10. The molecule has 1 aliphatic rings. The van der Waals surface area contributed by atoms with E-state index >= 15 is 0 Å². The summed E-state index contributed by atoms with van der Waals surface area (Å²) in [6, 6.07) is 13.4. The molecule has 0 radical (unpaired) electrons. The normalized spacial score (nSPS) is 14.7. The van der Waals surface area contributed by atoms with E-state index in [0.29, 0.717) is 25.8 Å². The second-order valence-electron chi connectivity index (χ2n) is 7.53. The van der Waals surface area contributed by atoms with Crippen LogP contribution in [0.15, 0.2) is 64.6 Å². The van der Waals surface area contributed by atoms with Crippen LogP contribution >= 0.6 is 39.1 Å². The summed E-state index contributed by atoms with van der Waals surface area (Å²) < 4.78 is 11.1. The van der Waals surface area contributed by atoms with Crippen molar-refractivity contribution in [2.24, 2.45) is 0 Å². The van der Waals surface area contributed by atoms with Crippen LogP contribution in [-0.4, -0.2) is 30.1 Å². The molecule has 36 heavy (non-hydrogen) atoms. The van der Waals surface area contributed by atoms with E-state index < -0.39 is 17.8 Å². The van der Waals surface area contributed by atoms with E-state index in [9.17, 15) is 19.5 Å². The van der Waals surface area contributed by atoms with Gasteiger partial charge in [-0.3, -0.25) is 14.9 Å². The standard InChI is InChI=1S/C25H17BrCl2N2O6/c1-35-21-10-13(9-19(26)22(21)31)8-18-23(32)29-25(34)30(24(18)33)16-4-6-17(7-5-16)36-12-14-2-3-15(27)11-20(14)28/h2-11,31H,12H2,1H3,(H,29,32,34)/b18-8+. The van der Waals surface area contributed by atoms with Gasteiger partial charge in [-0.1, -0.05) is 29.3 Å². The molecule has 0 aromatic heterocycles. The molecule has 3 aromatic rings. The highest BCUT2D eigenvalue weighted by Gasteiger charge is 2.36. The maximum atomic E-state index is 13.1. The van der Waals surface area contributed by atoms with E-state index in [-0.39, 0.29) is 29.4 Å². The molecule has 3 aromatic carbocycles. The second-order valence-corrected chi connectivity index (χ2v) is 9.23. The van der Waals surface area contributed by atoms with Gasteiger partial charge in [0, 0.05) is 15.6 Å². The predicted octanol–water partition coefficient (Wildman–Crippen LogP) is 5.72. The lowest BCUT2D eigenvalue weighted by Crippen LogP contribution is -2.54. The van der Waals surface area contributed by atoms with E-state index in [1.165, 1.54) is 37.5 Å². The molecule has 2 N–H and O–H groups in total. The van der Waals surface area contributed by atoms with Crippen LogP contribution in [0.25, 0.3) is 6.08 Å². The summed E-state index contributed by atoms with van der Waals surface area (Å²) in [6.07, 6.45) is 1.30. The zero-order valence-electron chi connectivity index (χ0n) is 18.6. The van der Waals surface area contributed by atoms with Gasteiger partial charge in [-0.2, -0.15) is 0 Å². The smallest absolute Gasteiger partial charge is 0.335 e. The number of nitrogens with one attached hydrogen (secondary N) is 1. The number of urea groups is 1. The van der Waals surface area contributed by atoms with E-state index in [4.69, 9.17) is 32.7 Å². The molecule has 0 atom stereocenters. The third kappa shape index (κ3) is 5.33. The van der Waals surface area contributed by atoms with Gasteiger partial charge in [0.1, 0.15) is 17.9 Å². The number of phenols is 1. The van der Waals surface area contributed by atoms with Crippen LogP contribution in [0.3, 0.4) is 0 Å². The predicted molar refractivity (Wildman–Crippen MR) is 139 cm³/mol. The van der Waals surface area contributed by atoms with Gasteiger partial charge in [-0.25, -0.2) is 9.69 Å². The summed E-state index contributed by atoms with van der Waals surface area (Å²) >= 11 is 15.3. The zero-order valence-corrected chi connectivity index (χ0v) is 21.6. The number of carbonyl (C=O) groups is 3. The lowest BCUT2D eigenvalue weighted by atomic mass is 10.1. The van der Waals surface area contributed by atoms with Crippen LogP contribution in [0.1, 0.15) is 11.1 Å². The number of nitrogens with zero attached hydrogens (tertiary/aromatic N) is 1. The molecule has 4 rings (SSSR count). The van der Waals surface area contributed by atoms with Gasteiger partial charge < -0.3 is 14.6 Å². The summed E-state index contributed by atoms with van der Waals surface area (Å²) in [5.41, 5.74) is 1.10. The third-order valence-electron chi connectivity index (χ3n) is 5.19. The van der Waals surface area contributed by atoms with Gasteiger partial charge in [0.25, 0.3) is 11.8 Å². The SMILES string of the molecule is COc1cc(/C=C2\C(=O)NC(=O)N(c3ccc(OCc4ccc(Cl)cc4Cl)cc3)C2=O)cc(Br)c1O. The Kier molecular flexibility index (Phi) is 7.53. The van der Waals surface area contributed by atoms with Gasteiger partial charge in [-0.05, 0) is 76.1 Å². The van der Waals surface area contributed by atoms with Crippen LogP contribution in [0, 0.1) is 0 Å². The molecule has 1 saturated heterocycles. The maximum absolute atomic E-state index is 13.1. The quantitative estimate of drug-likeness (QED) is 0.281. The van der Waals surface area contributed by atoms with Crippen LogP contribution in [0.5, 0.6) is 17.2 Å². The number of ether oxygens (including phenoxy) is 2. The molecular formula is C25H17BrCl2N2O6. The Morgan fingerprint density at radius 2 is 1.78 bits per heavy atom. The van der Waals surface area contributed by atoms with E-state index in [1.54, 1.807) is 30.3 Å². The average Bonchev–Trinajstić information content (AvgIpc) is 2.84. The van der Waals surface area contributed by atoms with Gasteiger partial charge in [0.2, 0.25) is 0 Å². The monoisotopic (exact) mass is 590 g/mol. The summed E-state index contributed by atoms with van der Waals surface area (Å²) in [5.74, 6) is -1.17. The molecule has 1 aliphatic heterocycles. The van der Waals surface area contributed by atoms with Gasteiger partial charge in [0.15, 0.2) is 11.5 Å². The number of phenolic OH excluding ortho intramolecular Hbond substituents is 1. The Morgan fingerprint density at radius 3 is 2.44 bits per heavy atom. The highest BCUT2D eigenvalue weighted by atomic mass is 79.9. The Bertz CT molecular complexity index is 1410. The minimum absolute atomic E-state index is 0.128. The number of barbiturate groups is 1. The fourth-order valence-corrected chi connectivity index (χ4v) is 4.31. The molecule has 1 heterocycles. The molecule has 0 saturated carbocycles. The lowest BCUT2D eigenvalue weighted by Gasteiger charge is -2.26. The number of hydrogen-bond acceptors (Lipinski definition) is 6. The molecule has 0 aliphatic carbocycles. The molecular weight excluding hydrogens is 575 g/mol. The first-order valence-electron chi connectivity index (χ1n) is 10.3. The fraction of sp³-hybridized carbons (Fsp3) is 0.0800.